The van der Waals surface area contributed by atoms with Gasteiger partial charge in [0.15, 0.2) is 0 Å². The van der Waals surface area contributed by atoms with Crippen molar-refractivity contribution in [2.24, 2.45) is 0 Å². The predicted octanol–water partition coefficient (Wildman–Crippen LogP) is 2.39. The van der Waals surface area contributed by atoms with Gasteiger partial charge in [0.25, 0.3) is 0 Å². The lowest BCUT2D eigenvalue weighted by Gasteiger charge is -2.27. The Labute approximate surface area is 119 Å². The highest BCUT2D eigenvalue weighted by Gasteiger charge is 2.25. The van der Waals surface area contributed by atoms with E-state index in [4.69, 9.17) is 19.9 Å². The largest absolute Gasteiger partial charge is 0.497 e. The lowest BCUT2D eigenvalue weighted by Crippen LogP contribution is -2.29. The summed E-state index contributed by atoms with van der Waals surface area (Å²) in [5.74, 6) is 0.188. The molecule has 1 fully saturated rings. The molecule has 110 valence electrons. The number of hydrogen-bond donors (Lipinski definition) is 1. The number of anilines is 1. The van der Waals surface area contributed by atoms with Crippen molar-refractivity contribution in [1.82, 2.24) is 0 Å². The minimum Gasteiger partial charge on any atom is -0.497 e. The van der Waals surface area contributed by atoms with Gasteiger partial charge in [0.05, 0.1) is 18.8 Å². The first-order chi connectivity index (χ1) is 9.62. The second kappa shape index (κ2) is 6.61. The number of esters is 1. The zero-order valence-electron chi connectivity index (χ0n) is 11.9. The van der Waals surface area contributed by atoms with Gasteiger partial charge in [-0.3, -0.25) is 0 Å². The quantitative estimate of drug-likeness (QED) is 0.677. The normalized spacial score (nSPS) is 22.3. The van der Waals surface area contributed by atoms with Crippen LogP contribution in [0.1, 0.15) is 36.0 Å². The number of nitrogen functional groups attached to an aromatic ring is 1. The van der Waals surface area contributed by atoms with Crippen LogP contribution < -0.4 is 10.5 Å². The zero-order chi connectivity index (χ0) is 14.5. The van der Waals surface area contributed by atoms with E-state index in [1.54, 1.807) is 25.3 Å². The van der Waals surface area contributed by atoms with Crippen LogP contribution in [-0.4, -0.2) is 32.4 Å². The third-order valence-corrected chi connectivity index (χ3v) is 3.59. The van der Waals surface area contributed by atoms with E-state index in [-0.39, 0.29) is 18.2 Å². The topological polar surface area (TPSA) is 70.8 Å². The van der Waals surface area contributed by atoms with Crippen molar-refractivity contribution in [3.63, 3.8) is 0 Å². The van der Waals surface area contributed by atoms with E-state index in [0.29, 0.717) is 17.0 Å². The number of methoxy groups -OCH3 is 2. The molecule has 0 aromatic heterocycles. The van der Waals surface area contributed by atoms with E-state index in [1.807, 2.05) is 0 Å². The van der Waals surface area contributed by atoms with E-state index < -0.39 is 0 Å². The molecule has 0 saturated heterocycles. The third kappa shape index (κ3) is 3.63. The number of benzene rings is 1. The summed E-state index contributed by atoms with van der Waals surface area (Å²) < 4.78 is 16.0. The number of carbonyl (C=O) groups excluding carboxylic acids is 1. The maximum absolute atomic E-state index is 12.2. The minimum absolute atomic E-state index is 0.0892. The second-order valence-electron chi connectivity index (χ2n) is 5.05. The fourth-order valence-electron chi connectivity index (χ4n) is 2.50. The smallest absolute Gasteiger partial charge is 0.338 e. The first-order valence-electron chi connectivity index (χ1n) is 6.80. The Balaban J connectivity index is 2.02. The van der Waals surface area contributed by atoms with Crippen LogP contribution in [0.15, 0.2) is 18.2 Å². The molecule has 1 aliphatic rings. The maximum Gasteiger partial charge on any atom is 0.338 e. The molecule has 1 aliphatic carbocycles. The number of hydrogen-bond acceptors (Lipinski definition) is 5. The SMILES string of the molecule is COc1cc(N)cc(C(=O)OC2CCCC(OC)C2)c1. The Morgan fingerprint density at radius 2 is 1.95 bits per heavy atom. The van der Waals surface area contributed by atoms with E-state index >= 15 is 0 Å². The average Bonchev–Trinajstić information content (AvgIpc) is 2.46. The Morgan fingerprint density at radius 1 is 1.20 bits per heavy atom. The van der Waals surface area contributed by atoms with Crippen LogP contribution in [0.5, 0.6) is 5.75 Å². The average molecular weight is 279 g/mol. The monoisotopic (exact) mass is 279 g/mol. The molecule has 2 unspecified atom stereocenters. The molecular formula is C15H21NO4. The molecule has 20 heavy (non-hydrogen) atoms. The van der Waals surface area contributed by atoms with Gasteiger partial charge < -0.3 is 19.9 Å². The van der Waals surface area contributed by atoms with Crippen molar-refractivity contribution in [2.75, 3.05) is 20.0 Å². The number of carbonyl (C=O) groups is 1. The molecule has 1 aromatic rings. The molecule has 0 bridgehead atoms. The molecule has 2 rings (SSSR count). The summed E-state index contributed by atoms with van der Waals surface area (Å²) in [5.41, 5.74) is 6.64. The molecule has 1 saturated carbocycles. The molecule has 0 spiro atoms. The van der Waals surface area contributed by atoms with Gasteiger partial charge in [-0.15, -0.1) is 0 Å². The zero-order valence-corrected chi connectivity index (χ0v) is 11.9. The summed E-state index contributed by atoms with van der Waals surface area (Å²) in [6, 6.07) is 4.90. The Kier molecular flexibility index (Phi) is 4.84. The van der Waals surface area contributed by atoms with Gasteiger partial charge in [-0.1, -0.05) is 0 Å². The summed E-state index contributed by atoms with van der Waals surface area (Å²) in [4.78, 5) is 12.2. The highest BCUT2D eigenvalue weighted by Crippen LogP contribution is 2.25. The van der Waals surface area contributed by atoms with Crippen LogP contribution in [0.2, 0.25) is 0 Å². The van der Waals surface area contributed by atoms with E-state index in [0.717, 1.165) is 25.7 Å². The van der Waals surface area contributed by atoms with Gasteiger partial charge in [-0.05, 0) is 31.4 Å². The van der Waals surface area contributed by atoms with Crippen molar-refractivity contribution < 1.29 is 19.0 Å². The first-order valence-corrected chi connectivity index (χ1v) is 6.80. The van der Waals surface area contributed by atoms with Crippen molar-refractivity contribution >= 4 is 11.7 Å². The van der Waals surface area contributed by atoms with E-state index in [1.165, 1.54) is 7.11 Å². The molecule has 0 amide bonds. The highest BCUT2D eigenvalue weighted by molar-refractivity contribution is 5.91. The van der Waals surface area contributed by atoms with Crippen molar-refractivity contribution in [3.05, 3.63) is 23.8 Å². The summed E-state index contributed by atoms with van der Waals surface area (Å²) in [5, 5.41) is 0. The Morgan fingerprint density at radius 3 is 2.65 bits per heavy atom. The summed E-state index contributed by atoms with van der Waals surface area (Å²) in [7, 11) is 3.23. The molecule has 2 atom stereocenters. The third-order valence-electron chi connectivity index (χ3n) is 3.59. The minimum atomic E-state index is -0.364. The summed E-state index contributed by atoms with van der Waals surface area (Å²) in [6.07, 6.45) is 3.76. The standard InChI is InChI=1S/C15H21NO4/c1-18-12-4-3-5-13(9-12)20-15(17)10-6-11(16)8-14(7-10)19-2/h6-8,12-13H,3-5,9,16H2,1-2H3. The van der Waals surface area contributed by atoms with Crippen molar-refractivity contribution in [1.29, 1.82) is 0 Å². The van der Waals surface area contributed by atoms with Crippen LogP contribution >= 0.6 is 0 Å². The molecule has 5 heteroatoms. The van der Waals surface area contributed by atoms with Gasteiger partial charge in [0.2, 0.25) is 0 Å². The summed E-state index contributed by atoms with van der Waals surface area (Å²) in [6.45, 7) is 0. The Bertz CT molecular complexity index is 475. The van der Waals surface area contributed by atoms with E-state index in [2.05, 4.69) is 0 Å². The fourth-order valence-corrected chi connectivity index (χ4v) is 2.50. The highest BCUT2D eigenvalue weighted by atomic mass is 16.5. The molecule has 0 heterocycles. The Hall–Kier alpha value is -1.75. The lowest BCUT2D eigenvalue weighted by atomic mass is 9.95. The van der Waals surface area contributed by atoms with Gasteiger partial charge in [0.1, 0.15) is 11.9 Å². The van der Waals surface area contributed by atoms with Gasteiger partial charge >= 0.3 is 5.97 Å². The van der Waals surface area contributed by atoms with Gasteiger partial charge in [0, 0.05) is 25.3 Å². The van der Waals surface area contributed by atoms with Gasteiger partial charge in [-0.2, -0.15) is 0 Å². The summed E-state index contributed by atoms with van der Waals surface area (Å²) >= 11 is 0. The van der Waals surface area contributed by atoms with Crippen LogP contribution in [0.25, 0.3) is 0 Å². The molecule has 0 radical (unpaired) electrons. The molecular weight excluding hydrogens is 258 g/mol. The number of rotatable bonds is 4. The van der Waals surface area contributed by atoms with Crippen LogP contribution in [0.4, 0.5) is 5.69 Å². The molecule has 2 N–H and O–H groups in total. The van der Waals surface area contributed by atoms with E-state index in [9.17, 15) is 4.79 Å². The number of ether oxygens (including phenoxy) is 3. The van der Waals surface area contributed by atoms with Crippen molar-refractivity contribution in [2.45, 2.75) is 37.9 Å². The van der Waals surface area contributed by atoms with Crippen LogP contribution in [-0.2, 0) is 9.47 Å². The molecule has 0 aliphatic heterocycles. The maximum atomic E-state index is 12.2. The molecule has 1 aromatic carbocycles. The van der Waals surface area contributed by atoms with Gasteiger partial charge in [-0.25, -0.2) is 4.79 Å². The molecule has 5 nitrogen and oxygen atoms in total. The van der Waals surface area contributed by atoms with Crippen LogP contribution in [0, 0.1) is 0 Å². The first kappa shape index (κ1) is 14.7. The van der Waals surface area contributed by atoms with Crippen LogP contribution in [0.3, 0.4) is 0 Å². The van der Waals surface area contributed by atoms with Crippen molar-refractivity contribution in [3.8, 4) is 5.75 Å². The number of nitrogens with two attached hydrogens (primary N) is 1. The second-order valence-corrected chi connectivity index (χ2v) is 5.05. The predicted molar refractivity (Wildman–Crippen MR) is 75.9 cm³/mol. The fraction of sp³-hybridized carbons (Fsp3) is 0.533. The lowest BCUT2D eigenvalue weighted by molar-refractivity contribution is -0.0149.